The van der Waals surface area contributed by atoms with Gasteiger partial charge in [-0.1, -0.05) is 38.1 Å². The first-order valence-electron chi connectivity index (χ1n) is 7.61. The van der Waals surface area contributed by atoms with Crippen LogP contribution in [0, 0.1) is 6.92 Å². The Hall–Kier alpha value is -1.81. The van der Waals surface area contributed by atoms with Gasteiger partial charge >= 0.3 is 0 Å². The minimum absolute atomic E-state index is 0.0974. The highest BCUT2D eigenvalue weighted by Crippen LogP contribution is 2.31. The molecule has 0 saturated carbocycles. The van der Waals surface area contributed by atoms with Crippen molar-refractivity contribution in [3.8, 4) is 5.75 Å². The molecule has 21 heavy (non-hydrogen) atoms. The summed E-state index contributed by atoms with van der Waals surface area (Å²) < 4.78 is 7.59. The Morgan fingerprint density at radius 2 is 2.05 bits per heavy atom. The Kier molecular flexibility index (Phi) is 5.39. The summed E-state index contributed by atoms with van der Waals surface area (Å²) in [6.07, 6.45) is 2.86. The van der Waals surface area contributed by atoms with E-state index in [2.05, 4.69) is 60.1 Å². The molecule has 114 valence electrons. The van der Waals surface area contributed by atoms with Crippen molar-refractivity contribution in [3.05, 3.63) is 47.3 Å². The molecule has 1 aromatic heterocycles. The third kappa shape index (κ3) is 3.27. The van der Waals surface area contributed by atoms with Crippen molar-refractivity contribution in [1.29, 1.82) is 0 Å². The van der Waals surface area contributed by atoms with Crippen molar-refractivity contribution >= 4 is 0 Å². The Labute approximate surface area is 127 Å². The first kappa shape index (κ1) is 15.6. The van der Waals surface area contributed by atoms with Crippen molar-refractivity contribution in [1.82, 2.24) is 15.1 Å². The maximum atomic E-state index is 5.54. The van der Waals surface area contributed by atoms with Gasteiger partial charge in [-0.15, -0.1) is 0 Å². The van der Waals surface area contributed by atoms with E-state index in [4.69, 9.17) is 4.74 Å². The predicted molar refractivity (Wildman–Crippen MR) is 85.8 cm³/mol. The van der Waals surface area contributed by atoms with Crippen LogP contribution >= 0.6 is 0 Å². The molecule has 0 aliphatic carbocycles. The summed E-state index contributed by atoms with van der Waals surface area (Å²) >= 11 is 0. The smallest absolute Gasteiger partial charge is 0.161 e. The average Bonchev–Trinajstić information content (AvgIpc) is 2.89. The number of nitrogens with one attached hydrogen (secondary N) is 1. The van der Waals surface area contributed by atoms with Gasteiger partial charge in [0, 0.05) is 6.54 Å². The molecule has 4 heteroatoms. The second-order valence-electron chi connectivity index (χ2n) is 5.17. The SMILES string of the molecule is CCCn1ncc(OC)c1C(NCC)c1ccccc1C. The lowest BCUT2D eigenvalue weighted by atomic mass is 9.98. The van der Waals surface area contributed by atoms with Gasteiger partial charge in [0.2, 0.25) is 0 Å². The average molecular weight is 287 g/mol. The number of aromatic nitrogens is 2. The van der Waals surface area contributed by atoms with E-state index in [0.29, 0.717) is 0 Å². The first-order chi connectivity index (χ1) is 10.2. The molecule has 0 amide bonds. The Bertz CT molecular complexity index is 577. The zero-order valence-corrected chi connectivity index (χ0v) is 13.4. The van der Waals surface area contributed by atoms with Crippen molar-refractivity contribution in [2.45, 2.75) is 39.8 Å². The summed E-state index contributed by atoms with van der Waals surface area (Å²) in [4.78, 5) is 0. The maximum Gasteiger partial charge on any atom is 0.161 e. The minimum Gasteiger partial charge on any atom is -0.493 e. The summed E-state index contributed by atoms with van der Waals surface area (Å²) in [5, 5.41) is 8.06. The monoisotopic (exact) mass is 287 g/mol. The predicted octanol–water partition coefficient (Wildman–Crippen LogP) is 3.31. The van der Waals surface area contributed by atoms with Gasteiger partial charge in [0.25, 0.3) is 0 Å². The largest absolute Gasteiger partial charge is 0.493 e. The van der Waals surface area contributed by atoms with E-state index in [1.165, 1.54) is 11.1 Å². The van der Waals surface area contributed by atoms with Gasteiger partial charge in [-0.3, -0.25) is 4.68 Å². The number of aryl methyl sites for hydroxylation is 2. The van der Waals surface area contributed by atoms with Gasteiger partial charge in [0.05, 0.1) is 19.3 Å². The molecule has 0 aliphatic heterocycles. The van der Waals surface area contributed by atoms with Gasteiger partial charge in [0.15, 0.2) is 5.75 Å². The van der Waals surface area contributed by atoms with Crippen LogP contribution in [0.15, 0.2) is 30.5 Å². The van der Waals surface area contributed by atoms with Crippen LogP contribution in [-0.4, -0.2) is 23.4 Å². The topological polar surface area (TPSA) is 39.1 Å². The summed E-state index contributed by atoms with van der Waals surface area (Å²) in [7, 11) is 1.71. The number of methoxy groups -OCH3 is 1. The van der Waals surface area contributed by atoms with Crippen LogP contribution < -0.4 is 10.1 Å². The number of rotatable bonds is 7. The minimum atomic E-state index is 0.0974. The summed E-state index contributed by atoms with van der Waals surface area (Å²) in [6, 6.07) is 8.57. The second-order valence-corrected chi connectivity index (χ2v) is 5.17. The van der Waals surface area contributed by atoms with E-state index in [9.17, 15) is 0 Å². The van der Waals surface area contributed by atoms with Gasteiger partial charge in [-0.2, -0.15) is 5.10 Å². The molecular weight excluding hydrogens is 262 g/mol. The Morgan fingerprint density at radius 3 is 2.67 bits per heavy atom. The molecule has 0 saturated heterocycles. The number of ether oxygens (including phenoxy) is 1. The molecule has 1 aromatic carbocycles. The zero-order valence-electron chi connectivity index (χ0n) is 13.4. The maximum absolute atomic E-state index is 5.54. The molecule has 1 atom stereocenters. The highest BCUT2D eigenvalue weighted by atomic mass is 16.5. The molecular formula is C17H25N3O. The fourth-order valence-electron chi connectivity index (χ4n) is 2.68. The molecule has 4 nitrogen and oxygen atoms in total. The summed E-state index contributed by atoms with van der Waals surface area (Å²) in [5.41, 5.74) is 3.65. The molecule has 0 radical (unpaired) electrons. The van der Waals surface area contributed by atoms with Crippen molar-refractivity contribution in [2.24, 2.45) is 0 Å². The highest BCUT2D eigenvalue weighted by Gasteiger charge is 2.23. The molecule has 2 rings (SSSR count). The number of benzene rings is 1. The van der Waals surface area contributed by atoms with E-state index in [1.54, 1.807) is 7.11 Å². The third-order valence-corrected chi connectivity index (χ3v) is 3.68. The van der Waals surface area contributed by atoms with Crippen molar-refractivity contribution in [3.63, 3.8) is 0 Å². The molecule has 0 spiro atoms. The van der Waals surface area contributed by atoms with Crippen LogP contribution in [0.25, 0.3) is 0 Å². The molecule has 0 bridgehead atoms. The molecule has 1 heterocycles. The third-order valence-electron chi connectivity index (χ3n) is 3.68. The quantitative estimate of drug-likeness (QED) is 0.849. The molecule has 0 fully saturated rings. The van der Waals surface area contributed by atoms with Crippen LogP contribution in [0.3, 0.4) is 0 Å². The van der Waals surface area contributed by atoms with Crippen LogP contribution in [0.4, 0.5) is 0 Å². The fourth-order valence-corrected chi connectivity index (χ4v) is 2.68. The first-order valence-corrected chi connectivity index (χ1v) is 7.61. The van der Waals surface area contributed by atoms with Gasteiger partial charge in [-0.25, -0.2) is 0 Å². The van der Waals surface area contributed by atoms with Gasteiger partial charge in [0.1, 0.15) is 5.69 Å². The number of hydrogen-bond donors (Lipinski definition) is 1. The van der Waals surface area contributed by atoms with E-state index < -0.39 is 0 Å². The van der Waals surface area contributed by atoms with Gasteiger partial charge < -0.3 is 10.1 Å². The highest BCUT2D eigenvalue weighted by molar-refractivity contribution is 5.40. The molecule has 1 N–H and O–H groups in total. The lowest BCUT2D eigenvalue weighted by molar-refractivity contribution is 0.398. The molecule has 2 aromatic rings. The number of hydrogen-bond acceptors (Lipinski definition) is 3. The Morgan fingerprint density at radius 1 is 1.29 bits per heavy atom. The van der Waals surface area contributed by atoms with Crippen LogP contribution in [0.5, 0.6) is 5.75 Å². The van der Waals surface area contributed by atoms with Crippen LogP contribution in [0.1, 0.15) is 43.1 Å². The second kappa shape index (κ2) is 7.27. The zero-order chi connectivity index (χ0) is 15.2. The van der Waals surface area contributed by atoms with Gasteiger partial charge in [-0.05, 0) is 31.0 Å². The van der Waals surface area contributed by atoms with E-state index in [-0.39, 0.29) is 6.04 Å². The fraction of sp³-hybridized carbons (Fsp3) is 0.471. The lowest BCUT2D eigenvalue weighted by Crippen LogP contribution is -2.26. The Balaban J connectivity index is 2.52. The standard InChI is InChI=1S/C17H25N3O/c1-5-11-20-17(15(21-4)12-19-20)16(18-6-2)14-10-8-7-9-13(14)3/h7-10,12,16,18H,5-6,11H2,1-4H3. The lowest BCUT2D eigenvalue weighted by Gasteiger charge is -2.22. The number of nitrogens with zero attached hydrogens (tertiary/aromatic N) is 2. The van der Waals surface area contributed by atoms with Crippen molar-refractivity contribution in [2.75, 3.05) is 13.7 Å². The van der Waals surface area contributed by atoms with E-state index >= 15 is 0 Å². The molecule has 1 unspecified atom stereocenters. The van der Waals surface area contributed by atoms with E-state index in [1.807, 2.05) is 6.20 Å². The van der Waals surface area contributed by atoms with Crippen molar-refractivity contribution < 1.29 is 4.74 Å². The van der Waals surface area contributed by atoms with Crippen LogP contribution in [0.2, 0.25) is 0 Å². The van der Waals surface area contributed by atoms with E-state index in [0.717, 1.165) is 31.0 Å². The summed E-state index contributed by atoms with van der Waals surface area (Å²) in [5.74, 6) is 0.845. The van der Waals surface area contributed by atoms with Crippen LogP contribution in [-0.2, 0) is 6.54 Å². The molecule has 0 aliphatic rings. The normalized spacial score (nSPS) is 12.4. The summed E-state index contributed by atoms with van der Waals surface area (Å²) in [6.45, 7) is 8.21.